The Morgan fingerprint density at radius 1 is 1.25 bits per heavy atom. The van der Waals surface area contributed by atoms with E-state index in [1.807, 2.05) is 0 Å². The molecule has 24 heavy (non-hydrogen) atoms. The fourth-order valence-corrected chi connectivity index (χ4v) is 2.60. The van der Waals surface area contributed by atoms with Crippen molar-refractivity contribution in [3.63, 3.8) is 0 Å². The lowest BCUT2D eigenvalue weighted by molar-refractivity contribution is -0.119. The summed E-state index contributed by atoms with van der Waals surface area (Å²) in [6.07, 6.45) is 0.232. The molecule has 0 bridgehead atoms. The predicted molar refractivity (Wildman–Crippen MR) is 95.0 cm³/mol. The Morgan fingerprint density at radius 3 is 2.67 bits per heavy atom. The van der Waals surface area contributed by atoms with Crippen LogP contribution in [0.25, 0.3) is 0 Å². The van der Waals surface area contributed by atoms with Crippen LogP contribution >= 0.6 is 27.5 Å². The van der Waals surface area contributed by atoms with E-state index in [0.717, 1.165) is 13.1 Å². The van der Waals surface area contributed by atoms with Gasteiger partial charge in [0, 0.05) is 35.8 Å². The molecule has 1 fully saturated rings. The van der Waals surface area contributed by atoms with Gasteiger partial charge in [-0.1, -0.05) is 11.6 Å². The molecule has 0 spiro atoms. The van der Waals surface area contributed by atoms with Gasteiger partial charge in [0.1, 0.15) is 0 Å². The molecule has 2 amide bonds. The van der Waals surface area contributed by atoms with E-state index in [4.69, 9.17) is 20.9 Å². The van der Waals surface area contributed by atoms with Gasteiger partial charge in [0.2, 0.25) is 5.91 Å². The highest BCUT2D eigenvalue weighted by Crippen LogP contribution is 2.20. The van der Waals surface area contributed by atoms with Crippen LogP contribution in [-0.4, -0.2) is 58.2 Å². The monoisotopic (exact) mass is 417 g/mol. The van der Waals surface area contributed by atoms with Gasteiger partial charge in [0.15, 0.2) is 0 Å². The molecule has 0 aromatic heterocycles. The van der Waals surface area contributed by atoms with Gasteiger partial charge in [-0.3, -0.25) is 9.59 Å². The molecule has 1 aliphatic heterocycles. The second-order valence-corrected chi connectivity index (χ2v) is 6.32. The molecule has 7 nitrogen and oxygen atoms in total. The van der Waals surface area contributed by atoms with Gasteiger partial charge < -0.3 is 25.3 Å². The number of carbonyl (C=O) groups is 2. The largest absolute Gasteiger partial charge is 0.477 e. The normalized spacial score (nSPS) is 15.3. The standard InChI is InChI=1S/C14H18BBrClN3O4/c16-12-2-1-10(17)7-11(12)14(22)19-8-13(21)20-9-15-23-5-3-18-4-6-24-15/h1-2,7,18H,3-6,8-9H2,(H,19,22)(H,20,21). The smallest absolute Gasteiger partial charge is 0.409 e. The number of hydrogen-bond acceptors (Lipinski definition) is 5. The second kappa shape index (κ2) is 10.00. The van der Waals surface area contributed by atoms with Crippen LogP contribution in [0, 0.1) is 0 Å². The molecule has 1 aromatic carbocycles. The lowest BCUT2D eigenvalue weighted by Gasteiger charge is -2.19. The summed E-state index contributed by atoms with van der Waals surface area (Å²) in [4.78, 5) is 23.9. The first-order valence-electron chi connectivity index (χ1n) is 7.50. The van der Waals surface area contributed by atoms with Crippen molar-refractivity contribution in [2.75, 3.05) is 39.3 Å². The Hall–Kier alpha value is -1.13. The number of nitrogens with one attached hydrogen (secondary N) is 3. The summed E-state index contributed by atoms with van der Waals surface area (Å²) >= 11 is 9.15. The maximum Gasteiger partial charge on any atom is 0.477 e. The highest BCUT2D eigenvalue weighted by molar-refractivity contribution is 9.10. The highest BCUT2D eigenvalue weighted by atomic mass is 79.9. The van der Waals surface area contributed by atoms with Gasteiger partial charge in [-0.05, 0) is 34.1 Å². The quantitative estimate of drug-likeness (QED) is 0.610. The van der Waals surface area contributed by atoms with Crippen LogP contribution in [0.4, 0.5) is 0 Å². The molecule has 0 unspecified atom stereocenters. The third kappa shape index (κ3) is 6.41. The molecule has 0 saturated carbocycles. The van der Waals surface area contributed by atoms with E-state index >= 15 is 0 Å². The third-order valence-electron chi connectivity index (χ3n) is 3.21. The number of benzene rings is 1. The van der Waals surface area contributed by atoms with Gasteiger partial charge >= 0.3 is 7.12 Å². The Morgan fingerprint density at radius 2 is 1.96 bits per heavy atom. The van der Waals surface area contributed by atoms with Crippen molar-refractivity contribution >= 4 is 46.5 Å². The molecule has 10 heteroatoms. The van der Waals surface area contributed by atoms with E-state index in [9.17, 15) is 9.59 Å². The minimum atomic E-state index is -0.478. The summed E-state index contributed by atoms with van der Waals surface area (Å²) < 4.78 is 11.5. The van der Waals surface area contributed by atoms with Crippen molar-refractivity contribution in [1.82, 2.24) is 16.0 Å². The third-order valence-corrected chi connectivity index (χ3v) is 4.14. The first-order valence-corrected chi connectivity index (χ1v) is 8.67. The minimum absolute atomic E-state index is 0.147. The minimum Gasteiger partial charge on any atom is -0.409 e. The Bertz CT molecular complexity index is 585. The van der Waals surface area contributed by atoms with E-state index in [2.05, 4.69) is 31.9 Å². The number of carbonyl (C=O) groups excluding carboxylic acids is 2. The maximum absolute atomic E-state index is 12.1. The first kappa shape index (κ1) is 19.2. The van der Waals surface area contributed by atoms with Crippen LogP contribution in [-0.2, 0) is 14.1 Å². The van der Waals surface area contributed by atoms with Gasteiger partial charge in [-0.15, -0.1) is 0 Å². The molecule has 2 rings (SSSR count). The number of rotatable bonds is 5. The highest BCUT2D eigenvalue weighted by Gasteiger charge is 2.20. The molecule has 1 heterocycles. The molecule has 0 radical (unpaired) electrons. The molecule has 3 N–H and O–H groups in total. The topological polar surface area (TPSA) is 88.7 Å². The van der Waals surface area contributed by atoms with Gasteiger partial charge in [-0.25, -0.2) is 0 Å². The van der Waals surface area contributed by atoms with Crippen molar-refractivity contribution in [2.24, 2.45) is 0 Å². The van der Waals surface area contributed by atoms with Crippen molar-refractivity contribution in [3.05, 3.63) is 33.3 Å². The van der Waals surface area contributed by atoms with E-state index in [1.165, 1.54) is 6.07 Å². The number of hydrogen-bond donors (Lipinski definition) is 3. The first-order chi connectivity index (χ1) is 11.6. The van der Waals surface area contributed by atoms with E-state index in [-0.39, 0.29) is 24.8 Å². The van der Waals surface area contributed by atoms with Crippen LogP contribution in [0.1, 0.15) is 10.4 Å². The van der Waals surface area contributed by atoms with E-state index in [0.29, 0.717) is 28.3 Å². The zero-order valence-corrected chi connectivity index (χ0v) is 15.3. The average molecular weight is 418 g/mol. The van der Waals surface area contributed by atoms with Crippen LogP contribution in [0.15, 0.2) is 22.7 Å². The lowest BCUT2D eigenvalue weighted by Crippen LogP contribution is -2.46. The molecule has 1 aliphatic rings. The molecule has 130 valence electrons. The van der Waals surface area contributed by atoms with Crippen LogP contribution in [0.5, 0.6) is 0 Å². The predicted octanol–water partition coefficient (Wildman–Crippen LogP) is 0.612. The van der Waals surface area contributed by atoms with Crippen LogP contribution in [0.3, 0.4) is 0 Å². The Kier molecular flexibility index (Phi) is 8.00. The number of halogens is 2. The molecular weight excluding hydrogens is 400 g/mol. The molecule has 1 aromatic rings. The van der Waals surface area contributed by atoms with Gasteiger partial charge in [0.25, 0.3) is 5.91 Å². The summed E-state index contributed by atoms with van der Waals surface area (Å²) in [6, 6.07) is 4.87. The molecule has 0 atom stereocenters. The zero-order chi connectivity index (χ0) is 17.4. The fraction of sp³-hybridized carbons (Fsp3) is 0.429. The molecule has 1 saturated heterocycles. The van der Waals surface area contributed by atoms with Crippen LogP contribution < -0.4 is 16.0 Å². The summed E-state index contributed by atoms with van der Waals surface area (Å²) in [5.41, 5.74) is 0.370. The van der Waals surface area contributed by atoms with Crippen molar-refractivity contribution in [2.45, 2.75) is 0 Å². The van der Waals surface area contributed by atoms with E-state index < -0.39 is 7.12 Å². The lowest BCUT2D eigenvalue weighted by atomic mass is 9.90. The van der Waals surface area contributed by atoms with E-state index in [1.54, 1.807) is 12.1 Å². The van der Waals surface area contributed by atoms with Gasteiger partial charge in [0.05, 0.1) is 18.6 Å². The van der Waals surface area contributed by atoms with Gasteiger partial charge in [-0.2, -0.15) is 0 Å². The second-order valence-electron chi connectivity index (χ2n) is 5.03. The van der Waals surface area contributed by atoms with Crippen molar-refractivity contribution < 1.29 is 18.9 Å². The maximum atomic E-state index is 12.1. The molecule has 0 aliphatic carbocycles. The zero-order valence-electron chi connectivity index (χ0n) is 12.9. The Balaban J connectivity index is 1.74. The Labute approximate surface area is 154 Å². The number of amides is 2. The van der Waals surface area contributed by atoms with Crippen molar-refractivity contribution in [3.8, 4) is 0 Å². The fourth-order valence-electron chi connectivity index (χ4n) is 2.00. The summed E-state index contributed by atoms with van der Waals surface area (Å²) in [5, 5.41) is 8.79. The summed E-state index contributed by atoms with van der Waals surface area (Å²) in [6.45, 7) is 2.38. The van der Waals surface area contributed by atoms with Crippen LogP contribution in [0.2, 0.25) is 5.02 Å². The summed E-state index contributed by atoms with van der Waals surface area (Å²) in [7, 11) is -0.478. The molecular formula is C14H18BBrClN3O4. The van der Waals surface area contributed by atoms with Crippen molar-refractivity contribution in [1.29, 1.82) is 0 Å². The average Bonchev–Trinajstić information content (AvgIpc) is 2.53. The summed E-state index contributed by atoms with van der Waals surface area (Å²) in [5.74, 6) is -0.710. The SMILES string of the molecule is O=C(CNC(=O)c1cc(Cl)ccc1Br)NCB1OCCNCCO1.